The number of rotatable bonds is 22. The summed E-state index contributed by atoms with van der Waals surface area (Å²) in [6, 6.07) is -9.57. The van der Waals surface area contributed by atoms with Crippen LogP contribution in [0.5, 0.6) is 0 Å². The molecule has 1 aliphatic heterocycles. The average molecular weight is 718 g/mol. The van der Waals surface area contributed by atoms with E-state index >= 15 is 0 Å². The maximum Gasteiger partial charge on any atom is 0.326 e. The highest BCUT2D eigenvalue weighted by Crippen LogP contribution is 2.20. The summed E-state index contributed by atoms with van der Waals surface area (Å²) in [6.45, 7) is -1.09. The Kier molecular flexibility index (Phi) is 17.6. The molecule has 23 nitrogen and oxygen atoms in total. The maximum absolute atomic E-state index is 13.7. The van der Waals surface area contributed by atoms with E-state index in [1.165, 1.54) is 0 Å². The van der Waals surface area contributed by atoms with Crippen molar-refractivity contribution >= 4 is 59.4 Å². The molecule has 15 N–H and O–H groups in total. The van der Waals surface area contributed by atoms with Crippen LogP contribution < -0.4 is 38.5 Å². The highest BCUT2D eigenvalue weighted by atomic mass is 16.4. The molecule has 0 bridgehead atoms. The van der Waals surface area contributed by atoms with Crippen LogP contribution in [0.15, 0.2) is 4.99 Å². The van der Waals surface area contributed by atoms with E-state index in [0.29, 0.717) is 0 Å². The Labute approximate surface area is 284 Å². The summed E-state index contributed by atoms with van der Waals surface area (Å²) >= 11 is 0. The monoisotopic (exact) mass is 717 g/mol. The first-order valence-corrected chi connectivity index (χ1v) is 15.2. The molecule has 6 atom stereocenters. The summed E-state index contributed by atoms with van der Waals surface area (Å²) < 4.78 is 0. The molecular weight excluding hydrogens is 674 g/mol. The third-order valence-corrected chi connectivity index (χ3v) is 7.22. The van der Waals surface area contributed by atoms with Gasteiger partial charge in [0.25, 0.3) is 0 Å². The number of nitrogens with zero attached hydrogens (tertiary/aromatic N) is 2. The zero-order valence-electron chi connectivity index (χ0n) is 26.8. The lowest BCUT2D eigenvalue weighted by Gasteiger charge is -2.30. The second-order valence-electron chi connectivity index (χ2n) is 11.1. The number of aliphatic imine (C=N–C) groups is 1. The molecule has 1 rings (SSSR count). The largest absolute Gasteiger partial charge is 0.481 e. The van der Waals surface area contributed by atoms with Crippen LogP contribution in [-0.4, -0.2) is 146 Å². The fraction of sp³-hybridized carbons (Fsp3) is 0.630. The van der Waals surface area contributed by atoms with Crippen LogP contribution in [0, 0.1) is 0 Å². The van der Waals surface area contributed by atoms with Gasteiger partial charge in [-0.1, -0.05) is 0 Å². The van der Waals surface area contributed by atoms with Gasteiger partial charge >= 0.3 is 23.9 Å². The van der Waals surface area contributed by atoms with Gasteiger partial charge in [0.1, 0.15) is 30.2 Å². The number of carboxylic acid groups (broad SMARTS) is 4. The van der Waals surface area contributed by atoms with Crippen molar-refractivity contribution in [1.29, 1.82) is 0 Å². The molecule has 0 aromatic rings. The lowest BCUT2D eigenvalue weighted by Crippen LogP contribution is -2.60. The summed E-state index contributed by atoms with van der Waals surface area (Å²) in [7, 11) is 0. The molecule has 1 saturated heterocycles. The van der Waals surface area contributed by atoms with E-state index in [-0.39, 0.29) is 51.2 Å². The highest BCUT2D eigenvalue weighted by molar-refractivity contribution is 5.98. The number of hydrogen-bond acceptors (Lipinski definition) is 12. The molecule has 23 heteroatoms. The first kappa shape index (κ1) is 42.4. The molecule has 0 aromatic carbocycles. The number of carboxylic acids is 4. The lowest BCUT2D eigenvalue weighted by molar-refractivity contribution is -0.148. The number of carbonyl (C=O) groups excluding carboxylic acids is 5. The maximum atomic E-state index is 13.7. The lowest BCUT2D eigenvalue weighted by atomic mass is 10.1. The van der Waals surface area contributed by atoms with Crippen LogP contribution in [0.25, 0.3) is 0 Å². The fourth-order valence-corrected chi connectivity index (χ4v) is 4.72. The van der Waals surface area contributed by atoms with E-state index in [0.717, 1.165) is 4.90 Å². The van der Waals surface area contributed by atoms with Gasteiger partial charge < -0.3 is 68.9 Å². The SMILES string of the molecule is NC(N)=NCCCC(NC(=O)C(CC(=O)O)NC(=O)C(CO)NC(=O)C(N)CCC(=O)O)C(=O)N1CCCC1C(=O)NC(CC(=O)O)C(=O)O. The molecule has 0 aromatic heterocycles. The highest BCUT2D eigenvalue weighted by Gasteiger charge is 2.40. The predicted molar refractivity (Wildman–Crippen MR) is 166 cm³/mol. The van der Waals surface area contributed by atoms with Crippen molar-refractivity contribution in [2.75, 3.05) is 19.7 Å². The minimum atomic E-state index is -1.88. The van der Waals surface area contributed by atoms with Gasteiger partial charge in [0.15, 0.2) is 5.96 Å². The summed E-state index contributed by atoms with van der Waals surface area (Å²) in [4.78, 5) is 115. The zero-order chi connectivity index (χ0) is 38.1. The predicted octanol–water partition coefficient (Wildman–Crippen LogP) is -5.81. The number of nitrogens with one attached hydrogen (secondary N) is 4. The molecule has 0 radical (unpaired) electrons. The van der Waals surface area contributed by atoms with Crippen molar-refractivity contribution in [3.8, 4) is 0 Å². The number of likely N-dealkylation sites (tertiary alicyclic amines) is 1. The first-order valence-electron chi connectivity index (χ1n) is 15.2. The Hall–Kier alpha value is -5.58. The van der Waals surface area contributed by atoms with E-state index in [1.807, 2.05) is 0 Å². The Balaban J connectivity index is 3.22. The van der Waals surface area contributed by atoms with Crippen molar-refractivity contribution in [2.24, 2.45) is 22.2 Å². The van der Waals surface area contributed by atoms with Gasteiger partial charge in [0.05, 0.1) is 25.5 Å². The summed E-state index contributed by atoms with van der Waals surface area (Å²) in [5.41, 5.74) is 16.3. The molecule has 0 spiro atoms. The Morgan fingerprint density at radius 1 is 0.740 bits per heavy atom. The smallest absolute Gasteiger partial charge is 0.326 e. The molecule has 1 heterocycles. The Bertz CT molecular complexity index is 1320. The van der Waals surface area contributed by atoms with E-state index in [1.54, 1.807) is 0 Å². The van der Waals surface area contributed by atoms with E-state index in [2.05, 4.69) is 26.3 Å². The third-order valence-electron chi connectivity index (χ3n) is 7.22. The van der Waals surface area contributed by atoms with Gasteiger partial charge in [0, 0.05) is 19.5 Å². The van der Waals surface area contributed by atoms with E-state index in [9.17, 15) is 58.5 Å². The average Bonchev–Trinajstić information content (AvgIpc) is 3.52. The first-order chi connectivity index (χ1) is 23.4. The van der Waals surface area contributed by atoms with Crippen molar-refractivity contribution in [1.82, 2.24) is 26.2 Å². The van der Waals surface area contributed by atoms with Crippen LogP contribution in [-0.2, 0) is 43.2 Å². The van der Waals surface area contributed by atoms with Crippen LogP contribution in [0.1, 0.15) is 51.4 Å². The third kappa shape index (κ3) is 14.7. The van der Waals surface area contributed by atoms with Crippen molar-refractivity contribution < 1.29 is 68.7 Å². The number of carbonyl (C=O) groups is 9. The molecule has 0 aliphatic carbocycles. The number of hydrogen-bond donors (Lipinski definition) is 12. The summed E-state index contributed by atoms with van der Waals surface area (Å²) in [5, 5.41) is 54.7. The van der Waals surface area contributed by atoms with Crippen molar-refractivity contribution in [2.45, 2.75) is 87.6 Å². The number of guanidine groups is 1. The van der Waals surface area contributed by atoms with Gasteiger partial charge in [-0.3, -0.25) is 43.3 Å². The minimum Gasteiger partial charge on any atom is -0.481 e. The quantitative estimate of drug-likeness (QED) is 0.0282. The van der Waals surface area contributed by atoms with Gasteiger partial charge in [-0.15, -0.1) is 0 Å². The molecule has 280 valence electrons. The molecule has 50 heavy (non-hydrogen) atoms. The second kappa shape index (κ2) is 20.7. The van der Waals surface area contributed by atoms with Crippen LogP contribution in [0.4, 0.5) is 0 Å². The molecule has 0 saturated carbocycles. The molecule has 5 amide bonds. The number of aliphatic hydroxyl groups is 1. The Morgan fingerprint density at radius 3 is 1.84 bits per heavy atom. The van der Waals surface area contributed by atoms with Gasteiger partial charge in [-0.25, -0.2) is 4.79 Å². The standard InChI is InChI=1S/C27H43N9O14/c28-12(5-6-18(38)39)21(44)35-16(11-37)23(46)33-14(9-19(40)41)22(45)32-13(3-1-7-31-27(29)30)25(48)36-8-2-4-17(36)24(47)34-15(26(49)50)10-20(42)43/h12-17,37H,1-11,28H2,(H,32,45)(H,33,46)(H,34,47)(H,35,44)(H,38,39)(H,40,41)(H,42,43)(H,49,50)(H4,29,30,31). The Morgan fingerprint density at radius 2 is 1.30 bits per heavy atom. The van der Waals surface area contributed by atoms with Gasteiger partial charge in [0.2, 0.25) is 29.5 Å². The minimum absolute atomic E-state index is 0.0247. The van der Waals surface area contributed by atoms with Crippen LogP contribution in [0.2, 0.25) is 0 Å². The van der Waals surface area contributed by atoms with E-state index < -0.39 is 116 Å². The molecule has 1 aliphatic rings. The van der Waals surface area contributed by atoms with Crippen LogP contribution in [0.3, 0.4) is 0 Å². The zero-order valence-corrected chi connectivity index (χ0v) is 26.8. The number of aliphatic hydroxyl groups excluding tert-OH is 1. The van der Waals surface area contributed by atoms with Crippen molar-refractivity contribution in [3.63, 3.8) is 0 Å². The van der Waals surface area contributed by atoms with Gasteiger partial charge in [-0.05, 0) is 32.1 Å². The molecule has 6 unspecified atom stereocenters. The summed E-state index contributed by atoms with van der Waals surface area (Å²) in [6.07, 6.45) is -2.57. The second-order valence-corrected chi connectivity index (χ2v) is 11.1. The van der Waals surface area contributed by atoms with E-state index in [4.69, 9.17) is 27.4 Å². The normalized spacial score (nSPS) is 16.8. The van der Waals surface area contributed by atoms with Gasteiger partial charge in [-0.2, -0.15) is 0 Å². The molecular formula is C27H43N9O14. The van der Waals surface area contributed by atoms with Crippen molar-refractivity contribution in [3.05, 3.63) is 0 Å². The topological polar surface area (TPSA) is 397 Å². The molecule has 1 fully saturated rings. The number of amides is 5. The number of aliphatic carboxylic acids is 4. The fourth-order valence-electron chi connectivity index (χ4n) is 4.72. The summed E-state index contributed by atoms with van der Waals surface area (Å²) in [5.74, 6) is -11.5. The number of nitrogens with two attached hydrogens (primary N) is 3. The van der Waals surface area contributed by atoms with Crippen LogP contribution >= 0.6 is 0 Å².